The third-order valence-corrected chi connectivity index (χ3v) is 3.28. The predicted molar refractivity (Wildman–Crippen MR) is 72.7 cm³/mol. The van der Waals surface area contributed by atoms with Crippen LogP contribution in [-0.4, -0.2) is 25.2 Å². The van der Waals surface area contributed by atoms with Gasteiger partial charge in [0.15, 0.2) is 0 Å². The maximum atomic E-state index is 12.9. The van der Waals surface area contributed by atoms with Gasteiger partial charge in [-0.15, -0.1) is 0 Å². The van der Waals surface area contributed by atoms with Crippen LogP contribution in [0.15, 0.2) is 18.2 Å². The molecule has 0 aliphatic carbocycles. The topological polar surface area (TPSA) is 21.3 Å². The third kappa shape index (κ3) is 5.32. The summed E-state index contributed by atoms with van der Waals surface area (Å²) < 4.78 is 44.1. The van der Waals surface area contributed by atoms with E-state index in [0.717, 1.165) is 11.8 Å². The van der Waals surface area contributed by atoms with Gasteiger partial charge in [-0.2, -0.15) is 24.9 Å². The van der Waals surface area contributed by atoms with E-state index in [4.69, 9.17) is 4.74 Å². The summed E-state index contributed by atoms with van der Waals surface area (Å²) >= 11 is 1.64. The Bertz CT molecular complexity index is 396. The molecule has 2 nitrogen and oxygen atoms in total. The molecule has 1 aromatic carbocycles. The normalized spacial score (nSPS) is 11.6. The molecule has 19 heavy (non-hydrogen) atoms. The highest BCUT2D eigenvalue weighted by Crippen LogP contribution is 2.36. The highest BCUT2D eigenvalue weighted by atomic mass is 32.2. The van der Waals surface area contributed by atoms with Gasteiger partial charge < -0.3 is 10.1 Å². The lowest BCUT2D eigenvalue weighted by Crippen LogP contribution is -2.12. The van der Waals surface area contributed by atoms with Gasteiger partial charge in [0.1, 0.15) is 5.75 Å². The minimum absolute atomic E-state index is 0.0935. The fourth-order valence-electron chi connectivity index (χ4n) is 1.59. The third-order valence-electron chi connectivity index (χ3n) is 2.42. The van der Waals surface area contributed by atoms with Crippen molar-refractivity contribution in [3.63, 3.8) is 0 Å². The molecule has 0 spiro atoms. The molecule has 0 fully saturated rings. The summed E-state index contributed by atoms with van der Waals surface area (Å²) in [5.41, 5.74) is -0.119. The first-order valence-corrected chi connectivity index (χ1v) is 7.19. The molecule has 0 aliphatic heterocycles. The van der Waals surface area contributed by atoms with Crippen LogP contribution in [0.1, 0.15) is 18.1 Å². The van der Waals surface area contributed by atoms with E-state index in [2.05, 4.69) is 5.32 Å². The van der Waals surface area contributed by atoms with E-state index in [0.29, 0.717) is 17.9 Å². The monoisotopic (exact) mass is 293 g/mol. The molecule has 0 bridgehead atoms. The number of nitrogens with one attached hydrogen (secondary N) is 1. The van der Waals surface area contributed by atoms with E-state index < -0.39 is 11.7 Å². The first kappa shape index (κ1) is 16.2. The smallest absolute Gasteiger partial charge is 0.419 e. The summed E-state index contributed by atoms with van der Waals surface area (Å²) in [6.07, 6.45) is -4.39. The molecule has 0 aromatic heterocycles. The Labute approximate surface area is 115 Å². The number of rotatable bonds is 7. The van der Waals surface area contributed by atoms with Gasteiger partial charge in [-0.05, 0) is 30.5 Å². The van der Waals surface area contributed by atoms with Crippen LogP contribution < -0.4 is 10.1 Å². The molecule has 6 heteroatoms. The van der Waals surface area contributed by atoms with Crippen LogP contribution in [0.25, 0.3) is 0 Å². The van der Waals surface area contributed by atoms with Crippen LogP contribution in [0.2, 0.25) is 0 Å². The van der Waals surface area contributed by atoms with Crippen molar-refractivity contribution < 1.29 is 17.9 Å². The number of ether oxygens (including phenoxy) is 1. The van der Waals surface area contributed by atoms with Crippen molar-refractivity contribution in [2.45, 2.75) is 19.6 Å². The zero-order valence-corrected chi connectivity index (χ0v) is 11.8. The summed E-state index contributed by atoms with van der Waals surface area (Å²) in [5, 5.41) is 2.83. The highest BCUT2D eigenvalue weighted by molar-refractivity contribution is 7.99. The van der Waals surface area contributed by atoms with E-state index in [1.54, 1.807) is 24.9 Å². The van der Waals surface area contributed by atoms with Crippen molar-refractivity contribution in [3.8, 4) is 5.75 Å². The lowest BCUT2D eigenvalue weighted by molar-refractivity contribution is -0.138. The molecule has 1 N–H and O–H groups in total. The van der Waals surface area contributed by atoms with Crippen molar-refractivity contribution >= 4 is 11.8 Å². The number of halogens is 3. The minimum atomic E-state index is -4.39. The molecular weight excluding hydrogens is 275 g/mol. The van der Waals surface area contributed by atoms with Crippen LogP contribution in [0, 0.1) is 0 Å². The van der Waals surface area contributed by atoms with Crippen molar-refractivity contribution in [3.05, 3.63) is 29.3 Å². The van der Waals surface area contributed by atoms with Crippen molar-refractivity contribution in [2.75, 3.05) is 25.2 Å². The molecule has 0 saturated heterocycles. The van der Waals surface area contributed by atoms with Gasteiger partial charge in [0.05, 0.1) is 12.2 Å². The average Bonchev–Trinajstić information content (AvgIpc) is 2.35. The fourth-order valence-corrected chi connectivity index (χ4v) is 2.08. The molecule has 0 radical (unpaired) electrons. The molecule has 0 saturated carbocycles. The Kier molecular flexibility index (Phi) is 6.51. The summed E-state index contributed by atoms with van der Waals surface area (Å²) in [6, 6.07) is 4.18. The maximum Gasteiger partial charge on any atom is 0.419 e. The van der Waals surface area contributed by atoms with E-state index in [1.807, 2.05) is 6.92 Å². The second kappa shape index (κ2) is 7.65. The number of benzene rings is 1. The van der Waals surface area contributed by atoms with E-state index in [-0.39, 0.29) is 12.4 Å². The number of hydrogen-bond donors (Lipinski definition) is 1. The van der Waals surface area contributed by atoms with Crippen LogP contribution in [-0.2, 0) is 12.7 Å². The molecule has 0 heterocycles. The highest BCUT2D eigenvalue weighted by Gasteiger charge is 2.34. The molecule has 0 amide bonds. The Balaban J connectivity index is 2.84. The quantitative estimate of drug-likeness (QED) is 0.777. The number of hydrogen-bond acceptors (Lipinski definition) is 3. The fraction of sp³-hybridized carbons (Fsp3) is 0.538. The molecule has 0 atom stereocenters. The first-order valence-electron chi connectivity index (χ1n) is 6.04. The summed E-state index contributed by atoms with van der Waals surface area (Å²) in [7, 11) is 1.69. The van der Waals surface area contributed by atoms with Crippen LogP contribution in [0.3, 0.4) is 0 Å². The molecule has 1 rings (SSSR count). The van der Waals surface area contributed by atoms with Gasteiger partial charge in [0, 0.05) is 12.3 Å². The molecule has 0 unspecified atom stereocenters. The SMILES string of the molecule is CCSCCOc1ccc(CNC)cc1C(F)(F)F. The summed E-state index contributed by atoms with van der Waals surface area (Å²) in [4.78, 5) is 0. The van der Waals surface area contributed by atoms with Crippen LogP contribution in [0.5, 0.6) is 5.75 Å². The van der Waals surface area contributed by atoms with Gasteiger partial charge in [-0.1, -0.05) is 13.0 Å². The Morgan fingerprint density at radius 2 is 2.05 bits per heavy atom. The van der Waals surface area contributed by atoms with E-state index in [1.165, 1.54) is 6.07 Å². The Morgan fingerprint density at radius 3 is 2.63 bits per heavy atom. The zero-order chi connectivity index (χ0) is 14.3. The van der Waals surface area contributed by atoms with E-state index >= 15 is 0 Å². The molecule has 108 valence electrons. The van der Waals surface area contributed by atoms with Crippen molar-refractivity contribution in [1.29, 1.82) is 0 Å². The first-order chi connectivity index (χ1) is 8.99. The molecule has 0 aliphatic rings. The summed E-state index contributed by atoms with van der Waals surface area (Å²) in [6.45, 7) is 2.68. The van der Waals surface area contributed by atoms with Crippen molar-refractivity contribution in [1.82, 2.24) is 5.32 Å². The standard InChI is InChI=1S/C13H18F3NOS/c1-3-19-7-6-18-12-5-4-10(9-17-2)8-11(12)13(14,15)16/h4-5,8,17H,3,6-7,9H2,1-2H3. The van der Waals surface area contributed by atoms with Gasteiger partial charge in [0.25, 0.3) is 0 Å². The Morgan fingerprint density at radius 1 is 1.32 bits per heavy atom. The van der Waals surface area contributed by atoms with Crippen molar-refractivity contribution in [2.24, 2.45) is 0 Å². The number of alkyl halides is 3. The zero-order valence-electron chi connectivity index (χ0n) is 11.0. The van der Waals surface area contributed by atoms with Gasteiger partial charge in [-0.25, -0.2) is 0 Å². The van der Waals surface area contributed by atoms with Gasteiger partial charge in [0.2, 0.25) is 0 Å². The lowest BCUT2D eigenvalue weighted by atomic mass is 10.1. The van der Waals surface area contributed by atoms with E-state index in [9.17, 15) is 13.2 Å². The number of thioether (sulfide) groups is 1. The Hall–Kier alpha value is -0.880. The molecular formula is C13H18F3NOS. The summed E-state index contributed by atoms with van der Waals surface area (Å²) in [5.74, 6) is 1.52. The second-order valence-electron chi connectivity index (χ2n) is 3.90. The van der Waals surface area contributed by atoms with Gasteiger partial charge in [-0.3, -0.25) is 0 Å². The lowest BCUT2D eigenvalue weighted by Gasteiger charge is -2.15. The second-order valence-corrected chi connectivity index (χ2v) is 5.30. The minimum Gasteiger partial charge on any atom is -0.492 e. The maximum absolute atomic E-state index is 12.9. The largest absolute Gasteiger partial charge is 0.492 e. The van der Waals surface area contributed by atoms with Gasteiger partial charge >= 0.3 is 6.18 Å². The van der Waals surface area contributed by atoms with Crippen LogP contribution in [0.4, 0.5) is 13.2 Å². The molecule has 1 aromatic rings. The van der Waals surface area contributed by atoms with Crippen LogP contribution >= 0.6 is 11.8 Å². The average molecular weight is 293 g/mol. The predicted octanol–water partition coefficient (Wildman–Crippen LogP) is 3.56.